The van der Waals surface area contributed by atoms with E-state index in [2.05, 4.69) is 5.10 Å². The summed E-state index contributed by atoms with van der Waals surface area (Å²) in [6.07, 6.45) is 1.89. The second-order valence-corrected chi connectivity index (χ2v) is 4.51. The average molecular weight is 267 g/mol. The van der Waals surface area contributed by atoms with E-state index in [1.165, 1.54) is 16.8 Å². The predicted molar refractivity (Wildman–Crippen MR) is 67.1 cm³/mol. The van der Waals surface area contributed by atoms with Gasteiger partial charge in [-0.1, -0.05) is 23.7 Å². The molecule has 0 amide bonds. The summed E-state index contributed by atoms with van der Waals surface area (Å²) in [5, 5.41) is 4.66. The number of hydrogen-bond acceptors (Lipinski definition) is 2. The average Bonchev–Trinajstić information content (AvgIpc) is 2.61. The van der Waals surface area contributed by atoms with Crippen LogP contribution in [0.15, 0.2) is 30.5 Å². The topological polar surface area (TPSA) is 34.9 Å². The minimum atomic E-state index is -0.305. The van der Waals surface area contributed by atoms with E-state index in [-0.39, 0.29) is 24.6 Å². The van der Waals surface area contributed by atoms with Crippen LogP contribution < -0.4 is 0 Å². The summed E-state index contributed by atoms with van der Waals surface area (Å²) in [4.78, 5) is 11.8. The van der Waals surface area contributed by atoms with Crippen molar-refractivity contribution in [1.82, 2.24) is 9.78 Å². The van der Waals surface area contributed by atoms with Crippen LogP contribution in [0.5, 0.6) is 0 Å². The minimum Gasteiger partial charge on any atom is -0.297 e. The van der Waals surface area contributed by atoms with Crippen LogP contribution in [0.3, 0.4) is 0 Å². The number of hydrogen-bond donors (Lipinski definition) is 0. The summed E-state index contributed by atoms with van der Waals surface area (Å²) < 4.78 is 14.2. The number of aryl methyl sites for hydroxylation is 1. The summed E-state index contributed by atoms with van der Waals surface area (Å²) in [7, 11) is 0. The first-order valence-electron chi connectivity index (χ1n) is 5.50. The zero-order valence-corrected chi connectivity index (χ0v) is 10.6. The fourth-order valence-corrected chi connectivity index (χ4v) is 1.79. The zero-order chi connectivity index (χ0) is 13.1. The van der Waals surface area contributed by atoms with Crippen LogP contribution in [-0.4, -0.2) is 15.6 Å². The Hall–Kier alpha value is -1.68. The van der Waals surface area contributed by atoms with E-state index in [9.17, 15) is 9.18 Å². The first-order valence-corrected chi connectivity index (χ1v) is 5.88. The van der Waals surface area contributed by atoms with Crippen molar-refractivity contribution in [1.29, 1.82) is 0 Å². The van der Waals surface area contributed by atoms with E-state index in [1.54, 1.807) is 25.3 Å². The predicted octanol–water partition coefficient (Wildman–Crippen LogP) is 2.80. The van der Waals surface area contributed by atoms with Gasteiger partial charge in [0.1, 0.15) is 5.82 Å². The number of benzene rings is 1. The number of rotatable bonds is 4. The lowest BCUT2D eigenvalue weighted by molar-refractivity contribution is -0.119. The molecular weight excluding hydrogens is 255 g/mol. The highest BCUT2D eigenvalue weighted by molar-refractivity contribution is 6.31. The van der Waals surface area contributed by atoms with Gasteiger partial charge < -0.3 is 0 Å². The Bertz CT molecular complexity index is 543. The molecular formula is C13H12ClFN2O. The number of Topliss-reactive ketones (excluding diaryl/α,β-unsaturated/α-hetero) is 1. The van der Waals surface area contributed by atoms with Crippen LogP contribution in [0.2, 0.25) is 5.02 Å². The molecule has 0 bridgehead atoms. The van der Waals surface area contributed by atoms with E-state index < -0.39 is 0 Å². The molecule has 3 nitrogen and oxygen atoms in total. The summed E-state index contributed by atoms with van der Waals surface area (Å²) >= 11 is 5.85. The van der Waals surface area contributed by atoms with Crippen LogP contribution in [0.4, 0.5) is 4.39 Å². The molecule has 1 aromatic carbocycles. The van der Waals surface area contributed by atoms with Gasteiger partial charge in [0.15, 0.2) is 5.78 Å². The maximum atomic E-state index is 12.7. The van der Waals surface area contributed by atoms with Crippen molar-refractivity contribution in [2.75, 3.05) is 0 Å². The first kappa shape index (κ1) is 12.8. The third-order valence-electron chi connectivity index (χ3n) is 2.54. The van der Waals surface area contributed by atoms with Gasteiger partial charge in [0, 0.05) is 12.6 Å². The molecule has 0 atom stereocenters. The summed E-state index contributed by atoms with van der Waals surface area (Å²) in [5.41, 5.74) is 1.49. The number of carbonyl (C=O) groups excluding carboxylic acids is 1. The molecule has 2 rings (SSSR count). The molecule has 0 radical (unpaired) electrons. The van der Waals surface area contributed by atoms with Crippen molar-refractivity contribution in [3.05, 3.63) is 52.6 Å². The van der Waals surface area contributed by atoms with E-state index in [0.717, 1.165) is 5.56 Å². The van der Waals surface area contributed by atoms with Gasteiger partial charge in [0.05, 0.1) is 17.3 Å². The van der Waals surface area contributed by atoms with Crippen molar-refractivity contribution in [2.45, 2.75) is 19.9 Å². The van der Waals surface area contributed by atoms with Crippen molar-refractivity contribution < 1.29 is 9.18 Å². The van der Waals surface area contributed by atoms with Gasteiger partial charge in [-0.05, 0) is 24.6 Å². The highest BCUT2D eigenvalue weighted by Gasteiger charge is 2.08. The standard InChI is InChI=1S/C13H12ClFN2O/c1-9-13(14)8-17(16-9)7-12(18)6-10-2-4-11(15)5-3-10/h2-5,8H,6-7H2,1H3. The second-order valence-electron chi connectivity index (χ2n) is 4.10. The molecule has 0 N–H and O–H groups in total. The third-order valence-corrected chi connectivity index (χ3v) is 2.91. The third kappa shape index (κ3) is 3.17. The second kappa shape index (κ2) is 5.31. The van der Waals surface area contributed by atoms with Crippen molar-refractivity contribution in [3.8, 4) is 0 Å². The molecule has 5 heteroatoms. The van der Waals surface area contributed by atoms with E-state index >= 15 is 0 Å². The molecule has 0 aliphatic carbocycles. The highest BCUT2D eigenvalue weighted by atomic mass is 35.5. The lowest BCUT2D eigenvalue weighted by Crippen LogP contribution is -2.13. The zero-order valence-electron chi connectivity index (χ0n) is 9.86. The lowest BCUT2D eigenvalue weighted by atomic mass is 10.1. The SMILES string of the molecule is Cc1nn(CC(=O)Cc2ccc(F)cc2)cc1Cl. The van der Waals surface area contributed by atoms with Crippen molar-refractivity contribution in [3.63, 3.8) is 0 Å². The van der Waals surface area contributed by atoms with Gasteiger partial charge in [-0.25, -0.2) is 4.39 Å². The molecule has 0 aliphatic heterocycles. The summed E-state index contributed by atoms with van der Waals surface area (Å²) in [6.45, 7) is 1.95. The maximum absolute atomic E-state index is 12.7. The van der Waals surface area contributed by atoms with E-state index in [0.29, 0.717) is 10.7 Å². The quantitative estimate of drug-likeness (QED) is 0.853. The summed E-state index contributed by atoms with van der Waals surface area (Å²) in [6, 6.07) is 5.90. The molecule has 18 heavy (non-hydrogen) atoms. The highest BCUT2D eigenvalue weighted by Crippen LogP contribution is 2.12. The van der Waals surface area contributed by atoms with Gasteiger partial charge in [-0.15, -0.1) is 0 Å². The number of carbonyl (C=O) groups is 1. The van der Waals surface area contributed by atoms with Gasteiger partial charge in [0.2, 0.25) is 0 Å². The largest absolute Gasteiger partial charge is 0.297 e. The first-order chi connectivity index (χ1) is 8.54. The van der Waals surface area contributed by atoms with E-state index in [4.69, 9.17) is 11.6 Å². The van der Waals surface area contributed by atoms with Gasteiger partial charge in [-0.3, -0.25) is 9.48 Å². The smallest absolute Gasteiger partial charge is 0.158 e. The maximum Gasteiger partial charge on any atom is 0.158 e. The fourth-order valence-electron chi connectivity index (χ4n) is 1.64. The van der Waals surface area contributed by atoms with Crippen LogP contribution >= 0.6 is 11.6 Å². The monoisotopic (exact) mass is 266 g/mol. The minimum absolute atomic E-state index is 0.000717. The number of ketones is 1. The molecule has 0 saturated carbocycles. The summed E-state index contributed by atoms with van der Waals surface area (Å²) in [5.74, 6) is -0.304. The van der Waals surface area contributed by atoms with Crippen LogP contribution in [0.25, 0.3) is 0 Å². The van der Waals surface area contributed by atoms with Gasteiger partial charge in [-0.2, -0.15) is 5.10 Å². The Balaban J connectivity index is 1.98. The molecule has 0 spiro atoms. The number of halogens is 2. The van der Waals surface area contributed by atoms with Gasteiger partial charge >= 0.3 is 0 Å². The van der Waals surface area contributed by atoms with Crippen LogP contribution in [0, 0.1) is 12.7 Å². The Morgan fingerprint density at radius 2 is 2.06 bits per heavy atom. The molecule has 94 valence electrons. The molecule has 1 heterocycles. The normalized spacial score (nSPS) is 10.6. The molecule has 0 aliphatic rings. The number of aromatic nitrogens is 2. The Morgan fingerprint density at radius 3 is 2.61 bits per heavy atom. The molecule has 0 unspecified atom stereocenters. The lowest BCUT2D eigenvalue weighted by Gasteiger charge is -2.01. The van der Waals surface area contributed by atoms with Gasteiger partial charge in [0.25, 0.3) is 0 Å². The van der Waals surface area contributed by atoms with Crippen molar-refractivity contribution in [2.24, 2.45) is 0 Å². The Kier molecular flexibility index (Phi) is 3.77. The van der Waals surface area contributed by atoms with Crippen molar-refractivity contribution >= 4 is 17.4 Å². The Labute approximate surface area is 109 Å². The molecule has 0 fully saturated rings. The molecule has 0 saturated heterocycles. The number of nitrogens with zero attached hydrogens (tertiary/aromatic N) is 2. The van der Waals surface area contributed by atoms with Crippen LogP contribution in [0.1, 0.15) is 11.3 Å². The fraction of sp³-hybridized carbons (Fsp3) is 0.231. The van der Waals surface area contributed by atoms with Crippen LogP contribution in [-0.2, 0) is 17.8 Å². The van der Waals surface area contributed by atoms with E-state index in [1.807, 2.05) is 0 Å². The molecule has 2 aromatic rings. The Morgan fingerprint density at radius 1 is 1.39 bits per heavy atom. The molecule has 1 aromatic heterocycles.